The second-order valence-corrected chi connectivity index (χ2v) is 5.16. The van der Waals surface area contributed by atoms with Crippen molar-refractivity contribution in [3.63, 3.8) is 0 Å². The van der Waals surface area contributed by atoms with E-state index < -0.39 is 5.97 Å². The third-order valence-corrected chi connectivity index (χ3v) is 3.91. The molecule has 2 aliphatic rings. The summed E-state index contributed by atoms with van der Waals surface area (Å²) in [6, 6.07) is 0.0573. The number of carboxylic acid groups (broad SMARTS) is 1. The minimum Gasteiger partial charge on any atom is -0.476 e. The summed E-state index contributed by atoms with van der Waals surface area (Å²) in [7, 11) is 0. The van der Waals surface area contributed by atoms with Crippen LogP contribution in [0.1, 0.15) is 40.8 Å². The maximum Gasteiger partial charge on any atom is 0.356 e. The van der Waals surface area contributed by atoms with E-state index in [0.29, 0.717) is 12.3 Å². The number of fused-ring (bicyclic) bond motifs is 1. The molecule has 2 unspecified atom stereocenters. The maximum atomic E-state index is 11.3. The lowest BCUT2D eigenvalue weighted by atomic mass is 10.0. The van der Waals surface area contributed by atoms with Crippen molar-refractivity contribution in [3.05, 3.63) is 17.2 Å². The van der Waals surface area contributed by atoms with Crippen LogP contribution in [-0.2, 0) is 13.0 Å². The van der Waals surface area contributed by atoms with Gasteiger partial charge in [-0.25, -0.2) is 9.78 Å². The fraction of sp³-hybridized carbons (Fsp3) is 0.667. The molecule has 0 radical (unpaired) electrons. The average molecular weight is 250 g/mol. The minimum absolute atomic E-state index is 0.0573. The largest absolute Gasteiger partial charge is 0.476 e. The van der Waals surface area contributed by atoms with Crippen LogP contribution in [0.25, 0.3) is 0 Å². The van der Waals surface area contributed by atoms with E-state index in [0.717, 1.165) is 44.0 Å². The summed E-state index contributed by atoms with van der Waals surface area (Å²) in [4.78, 5) is 15.7. The number of nitrogens with one attached hydrogen (secondary N) is 1. The van der Waals surface area contributed by atoms with Gasteiger partial charge in [-0.15, -0.1) is 0 Å². The molecule has 0 bridgehead atoms. The molecule has 2 aliphatic heterocycles. The number of aromatic nitrogens is 2. The number of hydrogen-bond donors (Lipinski definition) is 3. The van der Waals surface area contributed by atoms with Gasteiger partial charge >= 0.3 is 5.97 Å². The lowest BCUT2D eigenvalue weighted by Crippen LogP contribution is -2.32. The number of imidazole rings is 1. The summed E-state index contributed by atoms with van der Waals surface area (Å²) < 4.78 is 2.09. The predicted molar refractivity (Wildman–Crippen MR) is 65.7 cm³/mol. The van der Waals surface area contributed by atoms with Crippen LogP contribution in [0.15, 0.2) is 0 Å². The fourth-order valence-corrected chi connectivity index (χ4v) is 2.97. The molecule has 0 amide bonds. The number of carboxylic acids is 1. The van der Waals surface area contributed by atoms with Crippen LogP contribution in [0.5, 0.6) is 0 Å². The van der Waals surface area contributed by atoms with Gasteiger partial charge in [0.05, 0.1) is 5.69 Å². The third-order valence-electron chi connectivity index (χ3n) is 3.91. The van der Waals surface area contributed by atoms with E-state index in [9.17, 15) is 9.90 Å². The van der Waals surface area contributed by atoms with Crippen molar-refractivity contribution in [2.45, 2.75) is 37.8 Å². The smallest absolute Gasteiger partial charge is 0.356 e. The summed E-state index contributed by atoms with van der Waals surface area (Å²) in [5, 5.41) is 12.6. The van der Waals surface area contributed by atoms with Crippen LogP contribution >= 0.6 is 0 Å². The van der Waals surface area contributed by atoms with Crippen molar-refractivity contribution >= 4 is 5.97 Å². The van der Waals surface area contributed by atoms with Crippen LogP contribution in [0.4, 0.5) is 0 Å². The molecule has 0 saturated carbocycles. The standard InChI is InChI=1S/C12H18N4O2/c13-8-2-4-16-9(5-8)10(12(17)18)15-11(16)7-1-3-14-6-7/h7-8,14H,1-6,13H2,(H,17,18). The molecule has 6 nitrogen and oxygen atoms in total. The quantitative estimate of drug-likeness (QED) is 0.683. The first kappa shape index (κ1) is 11.7. The van der Waals surface area contributed by atoms with E-state index in [-0.39, 0.29) is 11.7 Å². The molecule has 0 aliphatic carbocycles. The number of hydrogen-bond acceptors (Lipinski definition) is 4. The number of aromatic carboxylic acids is 1. The molecule has 4 N–H and O–H groups in total. The van der Waals surface area contributed by atoms with Crippen LogP contribution in [0.3, 0.4) is 0 Å². The lowest BCUT2D eigenvalue weighted by Gasteiger charge is -2.23. The van der Waals surface area contributed by atoms with E-state index in [4.69, 9.17) is 5.73 Å². The molecule has 1 aromatic heterocycles. The molecule has 0 aromatic carbocycles. The summed E-state index contributed by atoms with van der Waals surface area (Å²) in [5.41, 5.74) is 6.94. The highest BCUT2D eigenvalue weighted by atomic mass is 16.4. The number of carbonyl (C=O) groups is 1. The molecular formula is C12H18N4O2. The van der Waals surface area contributed by atoms with E-state index in [2.05, 4.69) is 14.9 Å². The zero-order chi connectivity index (χ0) is 12.7. The molecule has 18 heavy (non-hydrogen) atoms. The molecule has 1 fully saturated rings. The van der Waals surface area contributed by atoms with Gasteiger partial charge in [0.2, 0.25) is 0 Å². The van der Waals surface area contributed by atoms with Crippen molar-refractivity contribution in [2.24, 2.45) is 5.73 Å². The van der Waals surface area contributed by atoms with Crippen LogP contribution in [-0.4, -0.2) is 39.8 Å². The summed E-state index contributed by atoms with van der Waals surface area (Å²) in [5.74, 6) is 0.329. The Hall–Kier alpha value is -1.40. The summed E-state index contributed by atoms with van der Waals surface area (Å²) in [6.07, 6.45) is 2.55. The van der Waals surface area contributed by atoms with Gasteiger partial charge < -0.3 is 20.7 Å². The predicted octanol–water partition coefficient (Wildman–Crippen LogP) is -0.0683. The van der Waals surface area contributed by atoms with Gasteiger partial charge in [0.25, 0.3) is 0 Å². The van der Waals surface area contributed by atoms with Crippen LogP contribution < -0.4 is 11.1 Å². The fourth-order valence-electron chi connectivity index (χ4n) is 2.97. The molecule has 3 heterocycles. The zero-order valence-corrected chi connectivity index (χ0v) is 10.2. The first-order valence-corrected chi connectivity index (χ1v) is 6.45. The van der Waals surface area contributed by atoms with Crippen molar-refractivity contribution in [1.82, 2.24) is 14.9 Å². The van der Waals surface area contributed by atoms with Crippen molar-refractivity contribution in [2.75, 3.05) is 13.1 Å². The Bertz CT molecular complexity index is 477. The minimum atomic E-state index is -0.940. The molecule has 6 heteroatoms. The van der Waals surface area contributed by atoms with Crippen molar-refractivity contribution < 1.29 is 9.90 Å². The molecule has 0 spiro atoms. The Kier molecular flexibility index (Phi) is 2.83. The summed E-state index contributed by atoms with van der Waals surface area (Å²) >= 11 is 0. The maximum absolute atomic E-state index is 11.3. The Morgan fingerprint density at radius 2 is 2.33 bits per heavy atom. The van der Waals surface area contributed by atoms with Crippen molar-refractivity contribution in [3.8, 4) is 0 Å². The Morgan fingerprint density at radius 1 is 1.50 bits per heavy atom. The lowest BCUT2D eigenvalue weighted by molar-refractivity contribution is 0.0689. The van der Waals surface area contributed by atoms with Gasteiger partial charge in [-0.2, -0.15) is 0 Å². The Morgan fingerprint density at radius 3 is 3.00 bits per heavy atom. The normalized spacial score (nSPS) is 27.2. The van der Waals surface area contributed by atoms with Crippen LogP contribution in [0.2, 0.25) is 0 Å². The highest BCUT2D eigenvalue weighted by Gasteiger charge is 2.31. The van der Waals surface area contributed by atoms with Crippen LogP contribution in [0, 0.1) is 0 Å². The first-order valence-electron chi connectivity index (χ1n) is 6.45. The third kappa shape index (κ3) is 1.81. The van der Waals surface area contributed by atoms with Crippen molar-refractivity contribution in [1.29, 1.82) is 0 Å². The second kappa shape index (κ2) is 4.37. The Labute approximate surface area is 105 Å². The monoisotopic (exact) mass is 250 g/mol. The molecular weight excluding hydrogens is 232 g/mol. The molecule has 98 valence electrons. The van der Waals surface area contributed by atoms with Gasteiger partial charge in [0.15, 0.2) is 5.69 Å². The van der Waals surface area contributed by atoms with Gasteiger partial charge in [-0.05, 0) is 19.4 Å². The Balaban J connectivity index is 2.04. The molecule has 3 rings (SSSR count). The van der Waals surface area contributed by atoms with Gasteiger partial charge in [-0.3, -0.25) is 0 Å². The van der Waals surface area contributed by atoms with Gasteiger partial charge in [0, 0.05) is 31.5 Å². The van der Waals surface area contributed by atoms with E-state index in [1.165, 1.54) is 0 Å². The van der Waals surface area contributed by atoms with E-state index >= 15 is 0 Å². The zero-order valence-electron chi connectivity index (χ0n) is 10.2. The second-order valence-electron chi connectivity index (χ2n) is 5.16. The topological polar surface area (TPSA) is 93.2 Å². The molecule has 2 atom stereocenters. The first-order chi connectivity index (χ1) is 8.66. The molecule has 1 aromatic rings. The van der Waals surface area contributed by atoms with Gasteiger partial charge in [0.1, 0.15) is 5.82 Å². The number of nitrogens with zero attached hydrogens (tertiary/aromatic N) is 2. The van der Waals surface area contributed by atoms with Gasteiger partial charge in [-0.1, -0.05) is 0 Å². The average Bonchev–Trinajstić information content (AvgIpc) is 2.93. The number of nitrogens with two attached hydrogens (primary N) is 1. The van der Waals surface area contributed by atoms with E-state index in [1.54, 1.807) is 0 Å². The summed E-state index contributed by atoms with van der Waals surface area (Å²) in [6.45, 7) is 2.67. The number of rotatable bonds is 2. The highest BCUT2D eigenvalue weighted by Crippen LogP contribution is 2.28. The molecule has 1 saturated heterocycles. The SMILES string of the molecule is NC1CCn2c(C3CCNC3)nc(C(=O)O)c2C1. The highest BCUT2D eigenvalue weighted by molar-refractivity contribution is 5.87. The van der Waals surface area contributed by atoms with E-state index in [1.807, 2.05) is 0 Å².